The first kappa shape index (κ1) is 17.1. The van der Waals surface area contributed by atoms with Gasteiger partial charge in [-0.1, -0.05) is 11.3 Å². The Hall–Kier alpha value is -3.29. The quantitative estimate of drug-likeness (QED) is 0.762. The Bertz CT molecular complexity index is 1020. The molecule has 1 saturated heterocycles. The highest BCUT2D eigenvalue weighted by Crippen LogP contribution is 2.23. The van der Waals surface area contributed by atoms with E-state index in [-0.39, 0.29) is 18.1 Å². The minimum Gasteiger partial charge on any atom is -0.481 e. The molecule has 1 aliphatic rings. The number of fused-ring (bicyclic) bond motifs is 1. The molecule has 0 spiro atoms. The maximum Gasteiger partial charge on any atom is 0.308 e. The van der Waals surface area contributed by atoms with Crippen molar-refractivity contribution in [3.8, 4) is 5.69 Å². The third-order valence-electron chi connectivity index (χ3n) is 5.01. The number of aromatic nitrogens is 4. The smallest absolute Gasteiger partial charge is 0.308 e. The Morgan fingerprint density at radius 3 is 2.89 bits per heavy atom. The summed E-state index contributed by atoms with van der Waals surface area (Å²) in [6.07, 6.45) is 2.99. The van der Waals surface area contributed by atoms with Crippen LogP contribution in [-0.4, -0.2) is 55.0 Å². The molecule has 1 fully saturated rings. The predicted octanol–water partition coefficient (Wildman–Crippen LogP) is 2.06. The fraction of sp³-hybridized carbons (Fsp3) is 0.316. The molecular weight excluding hydrogens is 346 g/mol. The zero-order valence-electron chi connectivity index (χ0n) is 14.9. The second-order valence-corrected chi connectivity index (χ2v) is 6.71. The topological polar surface area (TPSA) is 101 Å². The number of pyridine rings is 1. The second-order valence-electron chi connectivity index (χ2n) is 6.71. The lowest BCUT2D eigenvalue weighted by Gasteiger charge is -2.30. The average Bonchev–Trinajstić information content (AvgIpc) is 3.08. The molecular formula is C19H19N5O3. The van der Waals surface area contributed by atoms with Crippen molar-refractivity contribution in [2.24, 2.45) is 5.92 Å². The first-order valence-electron chi connectivity index (χ1n) is 8.85. The number of nitrogens with zero attached hydrogens (tertiary/aromatic N) is 5. The molecule has 138 valence electrons. The van der Waals surface area contributed by atoms with Gasteiger partial charge in [0.15, 0.2) is 5.69 Å². The Kier molecular flexibility index (Phi) is 4.31. The summed E-state index contributed by atoms with van der Waals surface area (Å²) >= 11 is 0. The number of rotatable bonds is 3. The van der Waals surface area contributed by atoms with Crippen molar-refractivity contribution >= 4 is 22.8 Å². The van der Waals surface area contributed by atoms with Crippen molar-refractivity contribution in [3.05, 3.63) is 47.9 Å². The Balaban J connectivity index is 1.68. The van der Waals surface area contributed by atoms with Gasteiger partial charge in [0, 0.05) is 24.7 Å². The molecule has 27 heavy (non-hydrogen) atoms. The molecule has 8 nitrogen and oxygen atoms in total. The molecule has 1 aromatic carbocycles. The van der Waals surface area contributed by atoms with Gasteiger partial charge in [0.25, 0.3) is 5.91 Å². The predicted molar refractivity (Wildman–Crippen MR) is 97.7 cm³/mol. The minimum atomic E-state index is -0.865. The van der Waals surface area contributed by atoms with Crippen molar-refractivity contribution in [1.29, 1.82) is 0 Å². The fourth-order valence-electron chi connectivity index (χ4n) is 3.54. The van der Waals surface area contributed by atoms with Gasteiger partial charge in [-0.15, -0.1) is 5.10 Å². The molecule has 0 saturated carbocycles. The molecule has 1 N–H and O–H groups in total. The van der Waals surface area contributed by atoms with Crippen molar-refractivity contribution in [1.82, 2.24) is 24.9 Å². The highest BCUT2D eigenvalue weighted by Gasteiger charge is 2.31. The van der Waals surface area contributed by atoms with E-state index in [1.165, 1.54) is 0 Å². The number of carbonyl (C=O) groups is 2. The van der Waals surface area contributed by atoms with E-state index in [1.807, 2.05) is 30.3 Å². The summed E-state index contributed by atoms with van der Waals surface area (Å²) in [5, 5.41) is 18.4. The van der Waals surface area contributed by atoms with Gasteiger partial charge in [-0.05, 0) is 44.0 Å². The van der Waals surface area contributed by atoms with Crippen LogP contribution in [0.1, 0.15) is 29.0 Å². The second kappa shape index (κ2) is 6.79. The summed E-state index contributed by atoms with van der Waals surface area (Å²) in [6, 6.07) is 9.50. The lowest BCUT2D eigenvalue weighted by Crippen LogP contribution is -2.42. The zero-order chi connectivity index (χ0) is 19.0. The largest absolute Gasteiger partial charge is 0.481 e. The van der Waals surface area contributed by atoms with Crippen LogP contribution < -0.4 is 0 Å². The van der Waals surface area contributed by atoms with Crippen LogP contribution in [0.5, 0.6) is 0 Å². The Morgan fingerprint density at radius 1 is 1.22 bits per heavy atom. The van der Waals surface area contributed by atoms with E-state index in [9.17, 15) is 14.7 Å². The molecule has 1 aliphatic heterocycles. The van der Waals surface area contributed by atoms with Crippen LogP contribution >= 0.6 is 0 Å². The summed E-state index contributed by atoms with van der Waals surface area (Å²) in [4.78, 5) is 30.1. The van der Waals surface area contributed by atoms with E-state index in [0.717, 1.165) is 16.6 Å². The van der Waals surface area contributed by atoms with Crippen molar-refractivity contribution < 1.29 is 14.7 Å². The van der Waals surface area contributed by atoms with E-state index < -0.39 is 11.9 Å². The summed E-state index contributed by atoms with van der Waals surface area (Å²) in [6.45, 7) is 2.53. The third-order valence-corrected chi connectivity index (χ3v) is 5.01. The van der Waals surface area contributed by atoms with Gasteiger partial charge in [0.05, 0.1) is 22.8 Å². The number of aliphatic carboxylic acids is 1. The molecule has 3 aromatic rings. The van der Waals surface area contributed by atoms with Gasteiger partial charge in [-0.3, -0.25) is 14.6 Å². The number of benzene rings is 1. The number of hydrogen-bond donors (Lipinski definition) is 1. The molecule has 8 heteroatoms. The molecule has 3 heterocycles. The number of hydrogen-bond acceptors (Lipinski definition) is 5. The fourth-order valence-corrected chi connectivity index (χ4v) is 3.54. The van der Waals surface area contributed by atoms with Crippen LogP contribution in [0.4, 0.5) is 0 Å². The number of amides is 1. The van der Waals surface area contributed by atoms with Crippen molar-refractivity contribution in [2.45, 2.75) is 19.8 Å². The summed E-state index contributed by atoms with van der Waals surface area (Å²) in [5.41, 5.74) is 2.50. The lowest BCUT2D eigenvalue weighted by atomic mass is 9.98. The van der Waals surface area contributed by atoms with Crippen LogP contribution in [0, 0.1) is 12.8 Å². The lowest BCUT2D eigenvalue weighted by molar-refractivity contribution is -0.143. The number of piperidine rings is 1. The van der Waals surface area contributed by atoms with Crippen LogP contribution in [0.15, 0.2) is 36.5 Å². The monoisotopic (exact) mass is 365 g/mol. The van der Waals surface area contributed by atoms with Gasteiger partial charge < -0.3 is 10.0 Å². The van der Waals surface area contributed by atoms with E-state index in [4.69, 9.17) is 0 Å². The Morgan fingerprint density at radius 2 is 2.07 bits per heavy atom. The standard InChI is InChI=1S/C19H19N5O3/c1-12-17(18(25)23-10-4-5-13(11-23)19(26)27)21-22-24(12)16-8-2-7-15-14(16)6-3-9-20-15/h2-3,6-9,13H,4-5,10-11H2,1H3,(H,26,27). The average molecular weight is 365 g/mol. The normalized spacial score (nSPS) is 17.2. The van der Waals surface area contributed by atoms with Crippen LogP contribution in [0.3, 0.4) is 0 Å². The molecule has 0 bridgehead atoms. The van der Waals surface area contributed by atoms with E-state index in [0.29, 0.717) is 25.1 Å². The summed E-state index contributed by atoms with van der Waals surface area (Å²) < 4.78 is 1.63. The number of carboxylic acids is 1. The van der Waals surface area contributed by atoms with Gasteiger partial charge in [-0.25, -0.2) is 4.68 Å². The molecule has 1 amide bonds. The van der Waals surface area contributed by atoms with E-state index in [1.54, 1.807) is 22.7 Å². The maximum absolute atomic E-state index is 12.9. The minimum absolute atomic E-state index is 0.207. The molecule has 1 atom stereocenters. The van der Waals surface area contributed by atoms with Gasteiger partial charge in [0.2, 0.25) is 0 Å². The third kappa shape index (κ3) is 3.03. The Labute approximate surface area is 155 Å². The van der Waals surface area contributed by atoms with Crippen molar-refractivity contribution in [2.75, 3.05) is 13.1 Å². The first-order valence-corrected chi connectivity index (χ1v) is 8.85. The number of likely N-dealkylation sites (tertiary alicyclic amines) is 1. The molecule has 4 rings (SSSR count). The van der Waals surface area contributed by atoms with Crippen LogP contribution in [-0.2, 0) is 4.79 Å². The van der Waals surface area contributed by atoms with Gasteiger partial charge in [-0.2, -0.15) is 0 Å². The van der Waals surface area contributed by atoms with Crippen LogP contribution in [0.2, 0.25) is 0 Å². The number of carboxylic acid groups (broad SMARTS) is 1. The van der Waals surface area contributed by atoms with E-state index >= 15 is 0 Å². The molecule has 2 aromatic heterocycles. The van der Waals surface area contributed by atoms with Gasteiger partial charge in [0.1, 0.15) is 0 Å². The van der Waals surface area contributed by atoms with Crippen LogP contribution in [0.25, 0.3) is 16.6 Å². The molecule has 0 radical (unpaired) electrons. The highest BCUT2D eigenvalue weighted by atomic mass is 16.4. The summed E-state index contributed by atoms with van der Waals surface area (Å²) in [7, 11) is 0. The first-order chi connectivity index (χ1) is 13.1. The van der Waals surface area contributed by atoms with Crippen molar-refractivity contribution in [3.63, 3.8) is 0 Å². The molecule has 1 unspecified atom stereocenters. The SMILES string of the molecule is Cc1c(C(=O)N2CCCC(C(=O)O)C2)nnn1-c1cccc2ncccc12. The zero-order valence-corrected chi connectivity index (χ0v) is 14.9. The number of carbonyl (C=O) groups excluding carboxylic acids is 1. The van der Waals surface area contributed by atoms with E-state index in [2.05, 4.69) is 15.3 Å². The highest BCUT2D eigenvalue weighted by molar-refractivity contribution is 5.94. The maximum atomic E-state index is 12.9. The molecule has 0 aliphatic carbocycles. The summed E-state index contributed by atoms with van der Waals surface area (Å²) in [5.74, 6) is -1.67. The van der Waals surface area contributed by atoms with Gasteiger partial charge >= 0.3 is 5.97 Å².